The van der Waals surface area contributed by atoms with Gasteiger partial charge in [0.05, 0.1) is 13.7 Å². The van der Waals surface area contributed by atoms with Crippen LogP contribution in [-0.2, 0) is 6.18 Å². The van der Waals surface area contributed by atoms with Gasteiger partial charge < -0.3 is 15.4 Å². The molecule has 0 bridgehead atoms. The monoisotopic (exact) mass is 473 g/mol. The van der Waals surface area contributed by atoms with Gasteiger partial charge in [-0.15, -0.1) is 0 Å². The zero-order valence-electron chi connectivity index (χ0n) is 17.9. The van der Waals surface area contributed by atoms with Crippen LogP contribution in [0.3, 0.4) is 0 Å². The van der Waals surface area contributed by atoms with Crippen molar-refractivity contribution in [3.05, 3.63) is 71.1 Å². The number of amides is 1. The van der Waals surface area contributed by atoms with Crippen molar-refractivity contribution < 1.29 is 27.1 Å². The number of nitrogens with zero attached hydrogens (tertiary/aromatic N) is 4. The number of hydrogen-bond acceptors (Lipinski definition) is 4. The molecule has 0 spiro atoms. The standard InChI is InChI=1S/C23H19F4N5O2/c1-29-18-8-3-13(11-17(18)24)21-30-19(22(33)31-10-9-14(28)12-31)20(23(25,26)27)32(21)15-4-6-16(34-2)7-5-15/h3-8,11,14H,9-10,12,28H2,2H3/t14-/m1/s1. The lowest BCUT2D eigenvalue weighted by molar-refractivity contribution is -0.142. The first-order valence-electron chi connectivity index (χ1n) is 10.2. The molecule has 4 rings (SSSR count). The minimum Gasteiger partial charge on any atom is -0.497 e. The van der Waals surface area contributed by atoms with Crippen molar-refractivity contribution in [1.82, 2.24) is 14.5 Å². The van der Waals surface area contributed by atoms with Crippen LogP contribution in [0.4, 0.5) is 23.2 Å². The van der Waals surface area contributed by atoms with Gasteiger partial charge in [-0.1, -0.05) is 12.1 Å². The minimum absolute atomic E-state index is 0.0246. The highest BCUT2D eigenvalue weighted by Crippen LogP contribution is 2.39. The summed E-state index contributed by atoms with van der Waals surface area (Å²) in [6, 6.07) is 8.71. The molecule has 0 unspecified atom stereocenters. The number of ether oxygens (including phenoxy) is 1. The van der Waals surface area contributed by atoms with Crippen molar-refractivity contribution in [2.75, 3.05) is 20.2 Å². The number of methoxy groups -OCH3 is 1. The van der Waals surface area contributed by atoms with E-state index in [2.05, 4.69) is 9.83 Å². The van der Waals surface area contributed by atoms with Crippen molar-refractivity contribution in [3.63, 3.8) is 0 Å². The second kappa shape index (κ2) is 8.79. The number of imidazole rings is 1. The Balaban J connectivity index is 1.99. The van der Waals surface area contributed by atoms with Crippen molar-refractivity contribution >= 4 is 11.6 Å². The quantitative estimate of drug-likeness (QED) is 0.449. The van der Waals surface area contributed by atoms with Crippen molar-refractivity contribution in [2.24, 2.45) is 5.73 Å². The molecule has 1 aliphatic rings. The van der Waals surface area contributed by atoms with Crippen molar-refractivity contribution in [1.29, 1.82) is 0 Å². The molecule has 1 fully saturated rings. The van der Waals surface area contributed by atoms with Gasteiger partial charge in [-0.2, -0.15) is 13.2 Å². The van der Waals surface area contributed by atoms with Gasteiger partial charge in [0.25, 0.3) is 5.91 Å². The smallest absolute Gasteiger partial charge is 0.434 e. The lowest BCUT2D eigenvalue weighted by Gasteiger charge is -2.18. The predicted molar refractivity (Wildman–Crippen MR) is 115 cm³/mol. The van der Waals surface area contributed by atoms with E-state index in [0.717, 1.165) is 16.7 Å². The number of carbonyl (C=O) groups excluding carboxylic acids is 1. The van der Waals surface area contributed by atoms with Gasteiger partial charge in [-0.25, -0.2) is 14.2 Å². The van der Waals surface area contributed by atoms with E-state index in [-0.39, 0.29) is 41.9 Å². The molecule has 1 saturated heterocycles. The number of aromatic nitrogens is 2. The number of carbonyl (C=O) groups is 1. The summed E-state index contributed by atoms with van der Waals surface area (Å²) in [5.74, 6) is -1.70. The lowest BCUT2D eigenvalue weighted by atomic mass is 10.1. The SMILES string of the molecule is [C-]#[N+]c1ccc(-c2nc(C(=O)N3CC[C@@H](N)C3)c(C(F)(F)F)n2-c2ccc(OC)cc2)cc1F. The maximum Gasteiger partial charge on any atom is 0.434 e. The Morgan fingerprint density at radius 1 is 1.24 bits per heavy atom. The van der Waals surface area contributed by atoms with Gasteiger partial charge in [-0.3, -0.25) is 9.36 Å². The summed E-state index contributed by atoms with van der Waals surface area (Å²) in [5, 5.41) is 0. The average Bonchev–Trinajstić information content (AvgIpc) is 3.43. The molecular weight excluding hydrogens is 454 g/mol. The molecule has 7 nitrogen and oxygen atoms in total. The Kier molecular flexibility index (Phi) is 6.01. The van der Waals surface area contributed by atoms with Crippen LogP contribution >= 0.6 is 0 Å². The van der Waals surface area contributed by atoms with E-state index in [1.54, 1.807) is 0 Å². The van der Waals surface area contributed by atoms with E-state index in [1.807, 2.05) is 0 Å². The first kappa shape index (κ1) is 23.3. The van der Waals surface area contributed by atoms with Gasteiger partial charge in [-0.05, 0) is 36.8 Å². The van der Waals surface area contributed by atoms with Gasteiger partial charge >= 0.3 is 6.18 Å². The Hall–Kier alpha value is -3.91. The number of nitrogens with two attached hydrogens (primary N) is 1. The first-order valence-corrected chi connectivity index (χ1v) is 10.2. The number of halogens is 4. The van der Waals surface area contributed by atoms with Crippen LogP contribution in [0.2, 0.25) is 0 Å². The summed E-state index contributed by atoms with van der Waals surface area (Å²) in [7, 11) is 1.41. The fourth-order valence-electron chi connectivity index (χ4n) is 3.87. The molecule has 2 aromatic carbocycles. The second-order valence-corrected chi connectivity index (χ2v) is 7.74. The van der Waals surface area contributed by atoms with Crippen LogP contribution in [0.25, 0.3) is 21.9 Å². The van der Waals surface area contributed by atoms with Crippen LogP contribution in [0.5, 0.6) is 5.75 Å². The van der Waals surface area contributed by atoms with Crippen LogP contribution in [0.1, 0.15) is 22.6 Å². The molecule has 1 aromatic heterocycles. The molecule has 1 amide bonds. The summed E-state index contributed by atoms with van der Waals surface area (Å²) in [4.78, 5) is 21.4. The van der Waals surface area contributed by atoms with Crippen LogP contribution in [0, 0.1) is 12.4 Å². The van der Waals surface area contributed by atoms with Crippen LogP contribution in [0.15, 0.2) is 42.5 Å². The van der Waals surface area contributed by atoms with E-state index in [9.17, 15) is 22.4 Å². The van der Waals surface area contributed by atoms with Gasteiger partial charge in [0.1, 0.15) is 17.4 Å². The normalized spacial score (nSPS) is 15.9. The lowest BCUT2D eigenvalue weighted by Crippen LogP contribution is -2.33. The Morgan fingerprint density at radius 3 is 2.47 bits per heavy atom. The van der Waals surface area contributed by atoms with Crippen molar-refractivity contribution in [3.8, 4) is 22.8 Å². The molecule has 0 radical (unpaired) electrons. The topological polar surface area (TPSA) is 77.7 Å². The highest BCUT2D eigenvalue weighted by Gasteiger charge is 2.44. The van der Waals surface area contributed by atoms with E-state index in [0.29, 0.717) is 12.2 Å². The third-order valence-corrected chi connectivity index (χ3v) is 5.52. The van der Waals surface area contributed by atoms with Crippen LogP contribution in [-0.4, -0.2) is 46.6 Å². The van der Waals surface area contributed by atoms with E-state index in [4.69, 9.17) is 17.0 Å². The summed E-state index contributed by atoms with van der Waals surface area (Å²) >= 11 is 0. The Labute approximate surface area is 192 Å². The average molecular weight is 473 g/mol. The summed E-state index contributed by atoms with van der Waals surface area (Å²) < 4.78 is 63.4. The Bertz CT molecular complexity index is 1280. The summed E-state index contributed by atoms with van der Waals surface area (Å²) in [6.07, 6.45) is -4.50. The fraction of sp³-hybridized carbons (Fsp3) is 0.261. The number of likely N-dealkylation sites (tertiary alicyclic amines) is 1. The Morgan fingerprint density at radius 2 is 1.94 bits per heavy atom. The zero-order chi connectivity index (χ0) is 24.6. The molecule has 34 heavy (non-hydrogen) atoms. The molecule has 11 heteroatoms. The molecule has 1 atom stereocenters. The predicted octanol–water partition coefficient (Wildman–Crippen LogP) is 4.43. The molecular formula is C23H19F4N5O2. The third-order valence-electron chi connectivity index (χ3n) is 5.52. The molecule has 0 saturated carbocycles. The highest BCUT2D eigenvalue weighted by atomic mass is 19.4. The third kappa shape index (κ3) is 4.20. The number of hydrogen-bond donors (Lipinski definition) is 1. The minimum atomic E-state index is -4.97. The molecule has 1 aliphatic heterocycles. The highest BCUT2D eigenvalue weighted by molar-refractivity contribution is 5.95. The van der Waals surface area contributed by atoms with Crippen LogP contribution < -0.4 is 10.5 Å². The number of benzene rings is 2. The molecule has 3 aromatic rings. The van der Waals surface area contributed by atoms with Gasteiger partial charge in [0, 0.05) is 30.4 Å². The molecule has 2 N–H and O–H groups in total. The maximum atomic E-state index is 14.4. The van der Waals surface area contributed by atoms with Gasteiger partial charge in [0.15, 0.2) is 11.4 Å². The van der Waals surface area contributed by atoms with E-state index < -0.39 is 29.3 Å². The zero-order valence-corrected chi connectivity index (χ0v) is 17.9. The molecule has 176 valence electrons. The largest absolute Gasteiger partial charge is 0.497 e. The molecule has 0 aliphatic carbocycles. The first-order chi connectivity index (χ1) is 16.1. The summed E-state index contributed by atoms with van der Waals surface area (Å²) in [6.45, 7) is 7.32. The number of alkyl halides is 3. The van der Waals surface area contributed by atoms with E-state index in [1.165, 1.54) is 42.3 Å². The fourth-order valence-corrected chi connectivity index (χ4v) is 3.87. The second-order valence-electron chi connectivity index (χ2n) is 7.74. The number of rotatable bonds is 4. The van der Waals surface area contributed by atoms with Crippen molar-refractivity contribution in [2.45, 2.75) is 18.6 Å². The molecule has 2 heterocycles. The van der Waals surface area contributed by atoms with E-state index >= 15 is 0 Å². The maximum absolute atomic E-state index is 14.4. The summed E-state index contributed by atoms with van der Waals surface area (Å²) in [5.41, 5.74) is 3.48. The van der Waals surface area contributed by atoms with Gasteiger partial charge in [0.2, 0.25) is 5.69 Å².